The highest BCUT2D eigenvalue weighted by Crippen LogP contribution is 2.36. The number of morpholine rings is 1. The van der Waals surface area contributed by atoms with E-state index in [0.717, 1.165) is 62.0 Å². The Kier molecular flexibility index (Phi) is 11.7. The summed E-state index contributed by atoms with van der Waals surface area (Å²) in [5, 5.41) is 12.9. The van der Waals surface area contributed by atoms with Crippen LogP contribution in [0.25, 0.3) is 11.1 Å². The van der Waals surface area contributed by atoms with E-state index < -0.39 is 0 Å². The van der Waals surface area contributed by atoms with Crippen molar-refractivity contribution in [2.24, 2.45) is 0 Å². The van der Waals surface area contributed by atoms with Gasteiger partial charge in [-0.15, -0.1) is 5.10 Å². The fraction of sp³-hybridized carbons (Fsp3) is 0.571. The van der Waals surface area contributed by atoms with Crippen molar-refractivity contribution in [3.05, 3.63) is 54.5 Å². The molecule has 14 heteroatoms. The van der Waals surface area contributed by atoms with Gasteiger partial charge in [-0.3, -0.25) is 9.58 Å². The van der Waals surface area contributed by atoms with E-state index in [1.807, 2.05) is 38.2 Å². The number of rotatable bonds is 14. The number of hydrogen-bond donors (Lipinski definition) is 1. The van der Waals surface area contributed by atoms with Gasteiger partial charge < -0.3 is 24.3 Å². The molecule has 264 valence electrons. The molecular weight excluding hydrogens is 646 g/mol. The van der Waals surface area contributed by atoms with Gasteiger partial charge in [-0.1, -0.05) is 17.7 Å². The Morgan fingerprint density at radius 1 is 1.00 bits per heavy atom. The third-order valence-corrected chi connectivity index (χ3v) is 9.58. The van der Waals surface area contributed by atoms with Crippen LogP contribution in [0.5, 0.6) is 11.6 Å². The predicted molar refractivity (Wildman–Crippen MR) is 188 cm³/mol. The molecule has 1 aliphatic heterocycles. The Morgan fingerprint density at radius 3 is 2.43 bits per heavy atom. The van der Waals surface area contributed by atoms with Crippen molar-refractivity contribution in [2.45, 2.75) is 103 Å². The van der Waals surface area contributed by atoms with Crippen LogP contribution in [0.3, 0.4) is 0 Å². The first-order valence-electron chi connectivity index (χ1n) is 17.3. The van der Waals surface area contributed by atoms with Crippen LogP contribution in [-0.4, -0.2) is 96.7 Å². The molecule has 1 aromatic carbocycles. The summed E-state index contributed by atoms with van der Waals surface area (Å²) in [6.07, 6.45) is 14.4. The van der Waals surface area contributed by atoms with Gasteiger partial charge in [0.1, 0.15) is 30.2 Å². The summed E-state index contributed by atoms with van der Waals surface area (Å²) < 4.78 is 27.5. The number of nitrogens with one attached hydrogen (secondary N) is 1. The molecule has 0 bridgehead atoms. The molecule has 4 aromatic rings. The second-order valence-corrected chi connectivity index (χ2v) is 13.7. The molecule has 0 spiro atoms. The average Bonchev–Trinajstić information content (AvgIpc) is 3.75. The summed E-state index contributed by atoms with van der Waals surface area (Å²) in [5.74, 6) is 1.56. The van der Waals surface area contributed by atoms with Crippen LogP contribution in [0.1, 0.15) is 65.8 Å². The first-order valence-corrected chi connectivity index (χ1v) is 17.6. The zero-order chi connectivity index (χ0) is 34.3. The molecule has 1 saturated heterocycles. The highest BCUT2D eigenvalue weighted by Gasteiger charge is 2.32. The number of methoxy groups -OCH3 is 1. The van der Waals surface area contributed by atoms with E-state index in [4.69, 9.17) is 35.6 Å². The molecule has 1 unspecified atom stereocenters. The molecule has 1 N–H and O–H groups in total. The van der Waals surface area contributed by atoms with Crippen LogP contribution in [0.15, 0.2) is 49.4 Å². The van der Waals surface area contributed by atoms with Crippen LogP contribution < -0.4 is 14.8 Å². The second-order valence-electron chi connectivity index (χ2n) is 13.3. The van der Waals surface area contributed by atoms with Crippen molar-refractivity contribution < 1.29 is 18.9 Å². The Bertz CT molecular complexity index is 1600. The molecule has 1 aliphatic carbocycles. The largest absolute Gasteiger partial charge is 0.487 e. The topological polar surface area (TPSA) is 127 Å². The lowest BCUT2D eigenvalue weighted by molar-refractivity contribution is -0.0852. The van der Waals surface area contributed by atoms with Gasteiger partial charge in [-0.05, 0) is 71.1 Å². The fourth-order valence-corrected chi connectivity index (χ4v) is 6.84. The van der Waals surface area contributed by atoms with Crippen LogP contribution in [-0.2, 0) is 16.0 Å². The molecule has 1 saturated carbocycles. The molecule has 6 rings (SSSR count). The van der Waals surface area contributed by atoms with Gasteiger partial charge in [0.05, 0.1) is 48.7 Å². The molecule has 3 aromatic heterocycles. The lowest BCUT2D eigenvalue weighted by Crippen LogP contribution is -2.51. The van der Waals surface area contributed by atoms with E-state index in [0.29, 0.717) is 47.8 Å². The third kappa shape index (κ3) is 9.27. The second kappa shape index (κ2) is 16.3. The van der Waals surface area contributed by atoms with Crippen molar-refractivity contribution in [3.8, 4) is 22.8 Å². The zero-order valence-electron chi connectivity index (χ0n) is 29.0. The summed E-state index contributed by atoms with van der Waals surface area (Å²) >= 11 is 6.48. The van der Waals surface area contributed by atoms with E-state index in [1.165, 1.54) is 6.33 Å². The summed E-state index contributed by atoms with van der Waals surface area (Å²) in [6.45, 7) is 11.4. The van der Waals surface area contributed by atoms with Gasteiger partial charge in [0.2, 0.25) is 5.95 Å². The van der Waals surface area contributed by atoms with Gasteiger partial charge in [0.25, 0.3) is 5.88 Å². The molecular formula is C35H48ClN9O4. The van der Waals surface area contributed by atoms with Gasteiger partial charge in [0, 0.05) is 50.6 Å². The fourth-order valence-electron chi connectivity index (χ4n) is 6.68. The van der Waals surface area contributed by atoms with E-state index in [-0.39, 0.29) is 24.4 Å². The number of aromatic nitrogens is 7. The van der Waals surface area contributed by atoms with Crippen LogP contribution in [0.2, 0.25) is 5.02 Å². The van der Waals surface area contributed by atoms with E-state index in [2.05, 4.69) is 48.8 Å². The van der Waals surface area contributed by atoms with Gasteiger partial charge in [-0.2, -0.15) is 5.10 Å². The van der Waals surface area contributed by atoms with Crippen LogP contribution >= 0.6 is 11.6 Å². The summed E-state index contributed by atoms with van der Waals surface area (Å²) in [5.41, 5.74) is 2.46. The SMILES string of the molecule is COC(C)CCOc1nn(C2CCC(N3C[C@@H](C)O[C@@H](C)C3)CC2)cc1Nc1ncc(-c2ccc(Cl)c(O[C@@H](C)Cn3cncn3)c2)cn1. The van der Waals surface area contributed by atoms with E-state index in [1.54, 1.807) is 30.5 Å². The maximum Gasteiger partial charge on any atom is 0.256 e. The first-order chi connectivity index (χ1) is 23.7. The van der Waals surface area contributed by atoms with Gasteiger partial charge >= 0.3 is 0 Å². The average molecular weight is 694 g/mol. The lowest BCUT2D eigenvalue weighted by Gasteiger charge is -2.42. The monoisotopic (exact) mass is 693 g/mol. The number of hydrogen-bond acceptors (Lipinski definition) is 11. The highest BCUT2D eigenvalue weighted by molar-refractivity contribution is 6.32. The minimum atomic E-state index is -0.167. The summed E-state index contributed by atoms with van der Waals surface area (Å²) in [6, 6.07) is 6.53. The Balaban J connectivity index is 1.12. The lowest BCUT2D eigenvalue weighted by atomic mass is 9.89. The van der Waals surface area contributed by atoms with Crippen molar-refractivity contribution in [3.63, 3.8) is 0 Å². The Hall–Kier alpha value is -3.78. The first kappa shape index (κ1) is 35.1. The number of nitrogens with zero attached hydrogens (tertiary/aromatic N) is 8. The normalized spacial score (nSPS) is 22.8. The maximum atomic E-state index is 6.48. The molecule has 2 fully saturated rings. The number of halogens is 1. The Labute approximate surface area is 293 Å². The maximum absolute atomic E-state index is 6.48. The molecule has 0 amide bonds. The zero-order valence-corrected chi connectivity index (χ0v) is 29.8. The minimum Gasteiger partial charge on any atom is -0.487 e. The van der Waals surface area contributed by atoms with Crippen LogP contribution in [0, 0.1) is 0 Å². The van der Waals surface area contributed by atoms with Crippen molar-refractivity contribution in [2.75, 3.05) is 32.1 Å². The molecule has 2 aliphatic rings. The smallest absolute Gasteiger partial charge is 0.256 e. The molecule has 4 heterocycles. The summed E-state index contributed by atoms with van der Waals surface area (Å²) in [4.78, 5) is 15.9. The predicted octanol–water partition coefficient (Wildman–Crippen LogP) is 6.19. The molecule has 49 heavy (non-hydrogen) atoms. The minimum absolute atomic E-state index is 0.0889. The quantitative estimate of drug-likeness (QED) is 0.162. The Morgan fingerprint density at radius 2 is 1.73 bits per heavy atom. The molecule has 13 nitrogen and oxygen atoms in total. The van der Waals surface area contributed by atoms with Gasteiger partial charge in [0.15, 0.2) is 0 Å². The van der Waals surface area contributed by atoms with E-state index in [9.17, 15) is 0 Å². The van der Waals surface area contributed by atoms with Crippen molar-refractivity contribution >= 4 is 23.2 Å². The molecule has 0 radical (unpaired) electrons. The number of ether oxygens (including phenoxy) is 4. The van der Waals surface area contributed by atoms with E-state index >= 15 is 0 Å². The number of anilines is 2. The summed E-state index contributed by atoms with van der Waals surface area (Å²) in [7, 11) is 1.71. The standard InChI is InChI=1S/C35H48ClN9O4/c1-23(46-5)12-13-47-34-32(20-45(42-34)30-9-7-29(8-10-30)43-17-24(2)48-25(3)18-43)41-35-38-15-28(16-39-35)27-6-11-31(36)33(14-27)49-26(4)19-44-22-37-21-40-44/h6,11,14-16,20-26,29-30H,7-10,12-13,17-19H2,1-5H3,(H,38,39,41)/t23?,24-,25+,26-,29?,30?/m0/s1. The van der Waals surface area contributed by atoms with Crippen LogP contribution in [0.4, 0.5) is 11.6 Å². The van der Waals surface area contributed by atoms with Gasteiger partial charge in [-0.25, -0.2) is 19.6 Å². The number of benzene rings is 1. The third-order valence-electron chi connectivity index (χ3n) is 9.27. The van der Waals surface area contributed by atoms with Crippen molar-refractivity contribution in [1.29, 1.82) is 0 Å². The van der Waals surface area contributed by atoms with Crippen molar-refractivity contribution in [1.82, 2.24) is 39.4 Å². The molecule has 4 atom stereocenters. The highest BCUT2D eigenvalue weighted by atomic mass is 35.5.